The third-order valence-electron chi connectivity index (χ3n) is 2.85. The van der Waals surface area contributed by atoms with E-state index in [1.54, 1.807) is 11.3 Å². The Morgan fingerprint density at radius 2 is 2.50 bits per heavy atom. The first-order chi connectivity index (χ1) is 6.75. The molecule has 1 saturated carbocycles. The summed E-state index contributed by atoms with van der Waals surface area (Å²) >= 11 is 1.67. The van der Waals surface area contributed by atoms with Gasteiger partial charge in [0.1, 0.15) is 0 Å². The largest absolute Gasteiger partial charge is 0.361 e. The van der Waals surface area contributed by atoms with Crippen LogP contribution >= 0.6 is 11.3 Å². The highest BCUT2D eigenvalue weighted by Crippen LogP contribution is 2.24. The molecular formula is C10H17N3S. The Morgan fingerprint density at radius 1 is 1.64 bits per heavy atom. The van der Waals surface area contributed by atoms with Crippen molar-refractivity contribution in [1.82, 2.24) is 4.98 Å². The first-order valence-electron chi connectivity index (χ1n) is 5.17. The van der Waals surface area contributed by atoms with Gasteiger partial charge in [0.05, 0.1) is 5.69 Å². The third-order valence-corrected chi connectivity index (χ3v) is 3.77. The van der Waals surface area contributed by atoms with Gasteiger partial charge in [-0.25, -0.2) is 4.98 Å². The number of nitrogens with zero attached hydrogens (tertiary/aromatic N) is 1. The van der Waals surface area contributed by atoms with Gasteiger partial charge in [0, 0.05) is 18.0 Å². The van der Waals surface area contributed by atoms with Crippen LogP contribution in [-0.2, 0) is 0 Å². The highest BCUT2D eigenvalue weighted by Gasteiger charge is 2.23. The first kappa shape index (κ1) is 9.93. The maximum atomic E-state index is 5.99. The summed E-state index contributed by atoms with van der Waals surface area (Å²) in [5, 5.41) is 6.46. The summed E-state index contributed by atoms with van der Waals surface area (Å²) < 4.78 is 0. The molecule has 1 aromatic heterocycles. The average Bonchev–Trinajstić information content (AvgIpc) is 2.72. The lowest BCUT2D eigenvalue weighted by Crippen LogP contribution is -2.29. The summed E-state index contributed by atoms with van der Waals surface area (Å²) in [5.74, 6) is 0.638. The summed E-state index contributed by atoms with van der Waals surface area (Å²) in [4.78, 5) is 4.36. The van der Waals surface area contributed by atoms with E-state index in [1.807, 2.05) is 6.92 Å². The molecule has 3 nitrogen and oxygen atoms in total. The minimum absolute atomic E-state index is 0.392. The Labute approximate surface area is 88.7 Å². The molecule has 0 amide bonds. The zero-order chi connectivity index (χ0) is 9.97. The van der Waals surface area contributed by atoms with E-state index in [1.165, 1.54) is 19.3 Å². The number of nitrogens with two attached hydrogens (primary N) is 1. The van der Waals surface area contributed by atoms with Gasteiger partial charge in [0.25, 0.3) is 0 Å². The van der Waals surface area contributed by atoms with E-state index in [9.17, 15) is 0 Å². The Bertz CT molecular complexity index is 297. The highest BCUT2D eigenvalue weighted by atomic mass is 32.1. The van der Waals surface area contributed by atoms with E-state index in [0.717, 1.165) is 17.4 Å². The predicted octanol–water partition coefficient (Wildman–Crippen LogP) is 1.99. The number of nitrogens with one attached hydrogen (secondary N) is 1. The lowest BCUT2D eigenvalue weighted by molar-refractivity contribution is 0.505. The number of thiazole rings is 1. The van der Waals surface area contributed by atoms with Gasteiger partial charge < -0.3 is 11.1 Å². The minimum atomic E-state index is 0.392. The van der Waals surface area contributed by atoms with Crippen molar-refractivity contribution in [3.63, 3.8) is 0 Å². The van der Waals surface area contributed by atoms with Crippen molar-refractivity contribution < 1.29 is 0 Å². The molecule has 0 radical (unpaired) electrons. The molecule has 0 bridgehead atoms. The van der Waals surface area contributed by atoms with E-state index in [2.05, 4.69) is 15.7 Å². The SMILES string of the molecule is Cc1csc(NCC2CCCC2N)n1. The lowest BCUT2D eigenvalue weighted by atomic mass is 10.1. The second-order valence-electron chi connectivity index (χ2n) is 4.03. The van der Waals surface area contributed by atoms with Gasteiger partial charge in [-0.1, -0.05) is 6.42 Å². The smallest absolute Gasteiger partial charge is 0.182 e. The Balaban J connectivity index is 1.82. The number of hydrogen-bond donors (Lipinski definition) is 2. The molecule has 2 atom stereocenters. The molecule has 1 aliphatic carbocycles. The molecule has 1 aliphatic rings. The summed E-state index contributed by atoms with van der Waals surface area (Å²) in [6.45, 7) is 3.00. The van der Waals surface area contributed by atoms with Gasteiger partial charge in [-0.2, -0.15) is 0 Å². The standard InChI is InChI=1S/C10H17N3S/c1-7-6-14-10(13-7)12-5-8-3-2-4-9(8)11/h6,8-9H,2-5,11H2,1H3,(H,12,13). The van der Waals surface area contributed by atoms with Gasteiger partial charge >= 0.3 is 0 Å². The first-order valence-corrected chi connectivity index (χ1v) is 6.05. The fraction of sp³-hybridized carbons (Fsp3) is 0.700. The fourth-order valence-electron chi connectivity index (χ4n) is 1.97. The summed E-state index contributed by atoms with van der Waals surface area (Å²) in [6, 6.07) is 0.392. The van der Waals surface area contributed by atoms with Crippen LogP contribution in [0.25, 0.3) is 0 Å². The second kappa shape index (κ2) is 4.28. The Kier molecular flexibility index (Phi) is 3.03. The molecule has 3 N–H and O–H groups in total. The number of hydrogen-bond acceptors (Lipinski definition) is 4. The zero-order valence-corrected chi connectivity index (χ0v) is 9.31. The van der Waals surface area contributed by atoms with Gasteiger partial charge in [0.15, 0.2) is 5.13 Å². The molecule has 1 aromatic rings. The maximum Gasteiger partial charge on any atom is 0.182 e. The van der Waals surface area contributed by atoms with Gasteiger partial charge in [-0.3, -0.25) is 0 Å². The molecule has 0 aromatic carbocycles. The minimum Gasteiger partial charge on any atom is -0.361 e. The van der Waals surface area contributed by atoms with Crippen molar-refractivity contribution in [2.45, 2.75) is 32.2 Å². The van der Waals surface area contributed by atoms with Crippen LogP contribution in [0.5, 0.6) is 0 Å². The van der Waals surface area contributed by atoms with Crippen LogP contribution < -0.4 is 11.1 Å². The molecule has 0 spiro atoms. The van der Waals surface area contributed by atoms with Crippen LogP contribution in [-0.4, -0.2) is 17.6 Å². The van der Waals surface area contributed by atoms with Crippen LogP contribution in [0.1, 0.15) is 25.0 Å². The van der Waals surface area contributed by atoms with Crippen molar-refractivity contribution in [3.8, 4) is 0 Å². The number of aromatic nitrogens is 1. The summed E-state index contributed by atoms with van der Waals surface area (Å²) in [5.41, 5.74) is 7.08. The lowest BCUT2D eigenvalue weighted by Gasteiger charge is -2.15. The van der Waals surface area contributed by atoms with Crippen molar-refractivity contribution in [2.24, 2.45) is 11.7 Å². The topological polar surface area (TPSA) is 50.9 Å². The van der Waals surface area contributed by atoms with Crippen LogP contribution in [0, 0.1) is 12.8 Å². The van der Waals surface area contributed by atoms with Gasteiger partial charge in [-0.15, -0.1) is 11.3 Å². The molecule has 4 heteroatoms. The maximum absolute atomic E-state index is 5.99. The van der Waals surface area contributed by atoms with Gasteiger partial charge in [0.2, 0.25) is 0 Å². The van der Waals surface area contributed by atoms with Crippen molar-refractivity contribution >= 4 is 16.5 Å². The Morgan fingerprint density at radius 3 is 3.07 bits per heavy atom. The molecule has 2 rings (SSSR count). The predicted molar refractivity (Wildman–Crippen MR) is 60.7 cm³/mol. The number of anilines is 1. The summed E-state index contributed by atoms with van der Waals surface area (Å²) in [7, 11) is 0. The van der Waals surface area contributed by atoms with Gasteiger partial charge in [-0.05, 0) is 25.7 Å². The molecular weight excluding hydrogens is 194 g/mol. The van der Waals surface area contributed by atoms with Crippen LogP contribution in [0.2, 0.25) is 0 Å². The highest BCUT2D eigenvalue weighted by molar-refractivity contribution is 7.13. The second-order valence-corrected chi connectivity index (χ2v) is 4.89. The zero-order valence-electron chi connectivity index (χ0n) is 8.49. The van der Waals surface area contributed by atoms with E-state index >= 15 is 0 Å². The van der Waals surface area contributed by atoms with E-state index in [0.29, 0.717) is 12.0 Å². The number of aryl methyl sites for hydroxylation is 1. The average molecular weight is 211 g/mol. The van der Waals surface area contributed by atoms with Crippen LogP contribution in [0.3, 0.4) is 0 Å². The molecule has 0 aliphatic heterocycles. The van der Waals surface area contributed by atoms with Crippen molar-refractivity contribution in [2.75, 3.05) is 11.9 Å². The molecule has 78 valence electrons. The van der Waals surface area contributed by atoms with Crippen LogP contribution in [0.15, 0.2) is 5.38 Å². The van der Waals surface area contributed by atoms with Crippen molar-refractivity contribution in [1.29, 1.82) is 0 Å². The van der Waals surface area contributed by atoms with E-state index in [4.69, 9.17) is 5.73 Å². The summed E-state index contributed by atoms with van der Waals surface area (Å²) in [6.07, 6.45) is 3.73. The molecule has 0 saturated heterocycles. The number of rotatable bonds is 3. The quantitative estimate of drug-likeness (QED) is 0.804. The van der Waals surface area contributed by atoms with Crippen LogP contribution in [0.4, 0.5) is 5.13 Å². The molecule has 1 fully saturated rings. The van der Waals surface area contributed by atoms with E-state index in [-0.39, 0.29) is 0 Å². The van der Waals surface area contributed by atoms with Crippen molar-refractivity contribution in [3.05, 3.63) is 11.1 Å². The molecule has 2 unspecified atom stereocenters. The molecule has 1 heterocycles. The monoisotopic (exact) mass is 211 g/mol. The fourth-order valence-corrected chi connectivity index (χ4v) is 2.67. The third kappa shape index (κ3) is 2.25. The van der Waals surface area contributed by atoms with E-state index < -0.39 is 0 Å². The molecule has 14 heavy (non-hydrogen) atoms. The normalized spacial score (nSPS) is 26.7. The Hall–Kier alpha value is -0.610.